The van der Waals surface area contributed by atoms with Gasteiger partial charge in [-0.15, -0.1) is 0 Å². The molecule has 1 aromatic carbocycles. The molecule has 114 valence electrons. The fraction of sp³-hybridized carbons (Fsp3) is 0.556. The van der Waals surface area contributed by atoms with Gasteiger partial charge in [-0.05, 0) is 42.4 Å². The molecular formula is C18H24BrNO. The number of hydrogen-bond acceptors (Lipinski definition) is 2. The second-order valence-electron chi connectivity index (χ2n) is 6.78. The molecule has 1 aliphatic carbocycles. The summed E-state index contributed by atoms with van der Waals surface area (Å²) in [6.07, 6.45) is 2.61. The van der Waals surface area contributed by atoms with Gasteiger partial charge in [-0.2, -0.15) is 0 Å². The molecule has 0 bridgehead atoms. The first-order chi connectivity index (χ1) is 9.97. The second kappa shape index (κ2) is 5.77. The van der Waals surface area contributed by atoms with Gasteiger partial charge >= 0.3 is 0 Å². The van der Waals surface area contributed by atoms with Gasteiger partial charge in [0.1, 0.15) is 11.3 Å². The summed E-state index contributed by atoms with van der Waals surface area (Å²) in [5, 5.41) is 4.86. The summed E-state index contributed by atoms with van der Waals surface area (Å²) in [4.78, 5) is 0. The third-order valence-electron chi connectivity index (χ3n) is 4.23. The molecule has 0 radical (unpaired) electrons. The van der Waals surface area contributed by atoms with E-state index >= 15 is 0 Å². The number of halogens is 1. The van der Waals surface area contributed by atoms with Crippen LogP contribution in [0.1, 0.15) is 69.3 Å². The second-order valence-corrected chi connectivity index (χ2v) is 7.69. The highest BCUT2D eigenvalue weighted by molar-refractivity contribution is 9.10. The zero-order valence-corrected chi connectivity index (χ0v) is 14.9. The van der Waals surface area contributed by atoms with Gasteiger partial charge < -0.3 is 9.73 Å². The molecule has 1 aliphatic rings. The van der Waals surface area contributed by atoms with Crippen molar-refractivity contribution in [2.75, 3.05) is 0 Å². The molecule has 1 N–H and O–H groups in total. The van der Waals surface area contributed by atoms with Gasteiger partial charge in [0.05, 0.1) is 6.54 Å². The summed E-state index contributed by atoms with van der Waals surface area (Å²) >= 11 is 3.66. The number of benzene rings is 1. The van der Waals surface area contributed by atoms with Crippen LogP contribution in [-0.4, -0.2) is 6.04 Å². The molecule has 0 saturated heterocycles. The maximum Gasteiger partial charge on any atom is 0.138 e. The van der Waals surface area contributed by atoms with E-state index < -0.39 is 0 Å². The van der Waals surface area contributed by atoms with E-state index in [2.05, 4.69) is 61.1 Å². The fourth-order valence-electron chi connectivity index (χ4n) is 2.97. The van der Waals surface area contributed by atoms with Gasteiger partial charge in [0, 0.05) is 21.5 Å². The van der Waals surface area contributed by atoms with Crippen molar-refractivity contribution in [2.45, 2.75) is 65.0 Å². The van der Waals surface area contributed by atoms with E-state index in [9.17, 15) is 0 Å². The monoisotopic (exact) mass is 349 g/mol. The van der Waals surface area contributed by atoms with Crippen molar-refractivity contribution in [3.63, 3.8) is 0 Å². The zero-order chi connectivity index (χ0) is 15.1. The summed E-state index contributed by atoms with van der Waals surface area (Å²) in [7, 11) is 0. The molecule has 0 amide bonds. The van der Waals surface area contributed by atoms with Crippen molar-refractivity contribution in [2.24, 2.45) is 0 Å². The maximum absolute atomic E-state index is 6.30. The molecule has 1 saturated carbocycles. The van der Waals surface area contributed by atoms with Crippen molar-refractivity contribution in [3.05, 3.63) is 33.5 Å². The molecule has 0 unspecified atom stereocenters. The Bertz CT molecular complexity index is 653. The molecule has 3 rings (SSSR count). The molecule has 1 heterocycles. The van der Waals surface area contributed by atoms with Gasteiger partial charge in [0.15, 0.2) is 0 Å². The highest BCUT2D eigenvalue weighted by atomic mass is 79.9. The summed E-state index contributed by atoms with van der Waals surface area (Å²) in [6, 6.07) is 5.11. The number of nitrogens with one attached hydrogen (secondary N) is 1. The SMILES string of the molecule is CC(C)c1c(CNC2CC2)oc2c(C(C)C)cc(Br)cc12. The maximum atomic E-state index is 6.30. The molecule has 3 heteroatoms. The zero-order valence-electron chi connectivity index (χ0n) is 13.3. The highest BCUT2D eigenvalue weighted by Gasteiger charge is 2.24. The molecule has 0 atom stereocenters. The first kappa shape index (κ1) is 15.1. The van der Waals surface area contributed by atoms with Gasteiger partial charge in [-0.3, -0.25) is 0 Å². The van der Waals surface area contributed by atoms with Crippen molar-refractivity contribution in [1.29, 1.82) is 0 Å². The summed E-state index contributed by atoms with van der Waals surface area (Å²) in [5.74, 6) is 2.05. The average molecular weight is 350 g/mol. The Morgan fingerprint density at radius 2 is 1.90 bits per heavy atom. The van der Waals surface area contributed by atoms with Crippen molar-refractivity contribution >= 4 is 26.9 Å². The summed E-state index contributed by atoms with van der Waals surface area (Å²) in [6.45, 7) is 9.80. The number of hydrogen-bond donors (Lipinski definition) is 1. The van der Waals surface area contributed by atoms with Gasteiger partial charge in [-0.1, -0.05) is 43.6 Å². The Morgan fingerprint density at radius 3 is 2.48 bits per heavy atom. The number of fused-ring (bicyclic) bond motifs is 1. The Morgan fingerprint density at radius 1 is 1.19 bits per heavy atom. The van der Waals surface area contributed by atoms with Crippen LogP contribution in [0.25, 0.3) is 11.0 Å². The predicted molar refractivity (Wildman–Crippen MR) is 92.0 cm³/mol. The molecule has 1 aromatic heterocycles. The number of furan rings is 1. The highest BCUT2D eigenvalue weighted by Crippen LogP contribution is 2.38. The van der Waals surface area contributed by atoms with Crippen LogP contribution >= 0.6 is 15.9 Å². The lowest BCUT2D eigenvalue weighted by atomic mass is 9.95. The number of rotatable bonds is 5. The van der Waals surface area contributed by atoms with Crippen molar-refractivity contribution < 1.29 is 4.42 Å². The molecule has 0 spiro atoms. The quantitative estimate of drug-likeness (QED) is 0.749. The smallest absolute Gasteiger partial charge is 0.138 e. The van der Waals surface area contributed by atoms with E-state index in [1.807, 2.05) is 0 Å². The van der Waals surface area contributed by atoms with Crippen LogP contribution in [0.5, 0.6) is 0 Å². The van der Waals surface area contributed by atoms with Crippen molar-refractivity contribution in [1.82, 2.24) is 5.32 Å². The van der Waals surface area contributed by atoms with Crippen LogP contribution in [0.2, 0.25) is 0 Å². The third kappa shape index (κ3) is 3.04. The Balaban J connectivity index is 2.12. The van der Waals surface area contributed by atoms with Crippen LogP contribution in [0, 0.1) is 0 Å². The van der Waals surface area contributed by atoms with Crippen LogP contribution in [-0.2, 0) is 6.54 Å². The minimum absolute atomic E-state index is 0.459. The lowest BCUT2D eigenvalue weighted by Crippen LogP contribution is -2.15. The minimum Gasteiger partial charge on any atom is -0.459 e. The van der Waals surface area contributed by atoms with Gasteiger partial charge in [0.2, 0.25) is 0 Å². The van der Waals surface area contributed by atoms with Crippen LogP contribution in [0.15, 0.2) is 21.0 Å². The normalized spacial score (nSPS) is 15.6. The minimum atomic E-state index is 0.459. The van der Waals surface area contributed by atoms with Gasteiger partial charge in [0.25, 0.3) is 0 Å². The van der Waals surface area contributed by atoms with Crippen LogP contribution in [0.3, 0.4) is 0 Å². The van der Waals surface area contributed by atoms with Crippen molar-refractivity contribution in [3.8, 4) is 0 Å². The van der Waals surface area contributed by atoms with Crippen LogP contribution in [0.4, 0.5) is 0 Å². The van der Waals surface area contributed by atoms with E-state index in [1.165, 1.54) is 29.4 Å². The largest absolute Gasteiger partial charge is 0.459 e. The standard InChI is InChI=1S/C18H24BrNO/c1-10(2)14-7-12(19)8-15-17(11(3)4)16(21-18(14)15)9-20-13-5-6-13/h7-8,10-11,13,20H,5-6,9H2,1-4H3. The average Bonchev–Trinajstić information content (AvgIpc) is 3.15. The first-order valence-electron chi connectivity index (χ1n) is 7.95. The Hall–Kier alpha value is -0.800. The molecular weight excluding hydrogens is 326 g/mol. The van der Waals surface area contributed by atoms with Gasteiger partial charge in [-0.25, -0.2) is 0 Å². The van der Waals surface area contributed by atoms with E-state index in [-0.39, 0.29) is 0 Å². The summed E-state index contributed by atoms with van der Waals surface area (Å²) < 4.78 is 7.44. The van der Waals surface area contributed by atoms with E-state index in [1.54, 1.807) is 0 Å². The predicted octanol–water partition coefficient (Wildman–Crippen LogP) is 5.69. The molecule has 21 heavy (non-hydrogen) atoms. The first-order valence-corrected chi connectivity index (χ1v) is 8.74. The summed E-state index contributed by atoms with van der Waals surface area (Å²) in [5.41, 5.74) is 3.73. The molecule has 2 nitrogen and oxygen atoms in total. The topological polar surface area (TPSA) is 25.2 Å². The lowest BCUT2D eigenvalue weighted by molar-refractivity contribution is 0.500. The van der Waals surface area contributed by atoms with Crippen LogP contribution < -0.4 is 5.32 Å². The Labute approximate surface area is 135 Å². The van der Waals surface area contributed by atoms with E-state index in [0.717, 1.165) is 22.4 Å². The van der Waals surface area contributed by atoms with E-state index in [0.29, 0.717) is 17.9 Å². The Kier molecular flexibility index (Phi) is 4.15. The third-order valence-corrected chi connectivity index (χ3v) is 4.68. The lowest BCUT2D eigenvalue weighted by Gasteiger charge is -2.08. The molecule has 2 aromatic rings. The molecule has 0 aliphatic heterocycles. The fourth-order valence-corrected chi connectivity index (χ4v) is 3.45. The molecule has 1 fully saturated rings. The van der Waals surface area contributed by atoms with E-state index in [4.69, 9.17) is 4.42 Å².